The Morgan fingerprint density at radius 2 is 2.15 bits per heavy atom. The molecule has 76 valence electrons. The highest BCUT2D eigenvalue weighted by Gasteiger charge is 2.16. The fourth-order valence-electron chi connectivity index (χ4n) is 1.42. The molecule has 1 rings (SSSR count). The first-order chi connectivity index (χ1) is 6.33. The molecule has 1 saturated carbocycles. The lowest BCUT2D eigenvalue weighted by Gasteiger charge is -2.11. The van der Waals surface area contributed by atoms with Gasteiger partial charge in [0.25, 0.3) is 0 Å². The number of urea groups is 1. The van der Waals surface area contributed by atoms with Crippen molar-refractivity contribution in [3.8, 4) is 0 Å². The molecule has 0 atom stereocenters. The van der Waals surface area contributed by atoms with Crippen molar-refractivity contribution in [2.75, 3.05) is 6.54 Å². The third kappa shape index (κ3) is 4.12. The largest absolute Gasteiger partial charge is 0.338 e. The third-order valence-electron chi connectivity index (χ3n) is 2.16. The van der Waals surface area contributed by atoms with Crippen LogP contribution in [0.15, 0.2) is 0 Å². The van der Waals surface area contributed by atoms with E-state index in [4.69, 9.17) is 4.84 Å². The lowest BCUT2D eigenvalue weighted by Crippen LogP contribution is -2.37. The van der Waals surface area contributed by atoms with E-state index in [1.165, 1.54) is 12.8 Å². The van der Waals surface area contributed by atoms with Gasteiger partial charge in [0.05, 0.1) is 6.10 Å². The standard InChI is InChI=1S/C9H18N2O2/c1-2-7-10-9(12)11-13-8-5-3-4-6-8/h8H,2-7H2,1H3,(H2,10,11,12). The number of carbonyl (C=O) groups is 1. The second-order valence-electron chi connectivity index (χ2n) is 3.38. The first-order valence-corrected chi connectivity index (χ1v) is 5.02. The molecule has 0 aromatic heterocycles. The molecule has 13 heavy (non-hydrogen) atoms. The van der Waals surface area contributed by atoms with E-state index in [1.807, 2.05) is 6.92 Å². The fraction of sp³-hybridized carbons (Fsp3) is 0.889. The van der Waals surface area contributed by atoms with Crippen LogP contribution >= 0.6 is 0 Å². The molecule has 1 aliphatic rings. The van der Waals surface area contributed by atoms with E-state index in [0.717, 1.165) is 19.3 Å². The molecular formula is C9H18N2O2. The van der Waals surface area contributed by atoms with Gasteiger partial charge in [-0.15, -0.1) is 0 Å². The van der Waals surface area contributed by atoms with Gasteiger partial charge in [0.15, 0.2) is 0 Å². The first-order valence-electron chi connectivity index (χ1n) is 5.02. The zero-order valence-electron chi connectivity index (χ0n) is 8.14. The summed E-state index contributed by atoms with van der Waals surface area (Å²) in [6, 6.07) is -0.228. The van der Waals surface area contributed by atoms with Crippen molar-refractivity contribution in [3.05, 3.63) is 0 Å². The second kappa shape index (κ2) is 5.80. The van der Waals surface area contributed by atoms with Gasteiger partial charge in [-0.1, -0.05) is 19.8 Å². The van der Waals surface area contributed by atoms with Gasteiger partial charge in [-0.25, -0.2) is 10.3 Å². The number of hydrogen-bond acceptors (Lipinski definition) is 2. The summed E-state index contributed by atoms with van der Waals surface area (Å²) < 4.78 is 0. The van der Waals surface area contributed by atoms with Crippen molar-refractivity contribution in [2.45, 2.75) is 45.1 Å². The van der Waals surface area contributed by atoms with E-state index in [-0.39, 0.29) is 12.1 Å². The highest BCUT2D eigenvalue weighted by Crippen LogP contribution is 2.19. The normalized spacial score (nSPS) is 17.3. The predicted molar refractivity (Wildman–Crippen MR) is 50.2 cm³/mol. The SMILES string of the molecule is CCCNC(=O)NOC1CCCC1. The van der Waals surface area contributed by atoms with E-state index in [9.17, 15) is 4.79 Å². The number of carbonyl (C=O) groups excluding carboxylic acids is 1. The fourth-order valence-corrected chi connectivity index (χ4v) is 1.42. The van der Waals surface area contributed by atoms with Gasteiger partial charge in [0, 0.05) is 6.54 Å². The minimum atomic E-state index is -0.228. The van der Waals surface area contributed by atoms with Gasteiger partial charge in [-0.3, -0.25) is 4.84 Å². The zero-order valence-corrected chi connectivity index (χ0v) is 8.14. The van der Waals surface area contributed by atoms with Gasteiger partial charge < -0.3 is 5.32 Å². The molecule has 0 radical (unpaired) electrons. The summed E-state index contributed by atoms with van der Waals surface area (Å²) in [7, 11) is 0. The number of rotatable bonds is 4. The lowest BCUT2D eigenvalue weighted by atomic mass is 10.3. The van der Waals surface area contributed by atoms with Crippen molar-refractivity contribution in [1.82, 2.24) is 10.8 Å². The lowest BCUT2D eigenvalue weighted by molar-refractivity contribution is 0.000245. The van der Waals surface area contributed by atoms with Crippen molar-refractivity contribution in [3.63, 3.8) is 0 Å². The minimum absolute atomic E-state index is 0.228. The van der Waals surface area contributed by atoms with Crippen molar-refractivity contribution < 1.29 is 9.63 Å². The monoisotopic (exact) mass is 186 g/mol. The molecule has 2 amide bonds. The average molecular weight is 186 g/mol. The Morgan fingerprint density at radius 1 is 1.46 bits per heavy atom. The van der Waals surface area contributed by atoms with Gasteiger partial charge >= 0.3 is 6.03 Å². The van der Waals surface area contributed by atoms with Crippen LogP contribution in [0.4, 0.5) is 4.79 Å². The highest BCUT2D eigenvalue weighted by atomic mass is 16.7. The maximum Gasteiger partial charge on any atom is 0.338 e. The summed E-state index contributed by atoms with van der Waals surface area (Å²) in [6.07, 6.45) is 5.72. The van der Waals surface area contributed by atoms with E-state index in [1.54, 1.807) is 0 Å². The Balaban J connectivity index is 2.00. The Morgan fingerprint density at radius 3 is 2.77 bits per heavy atom. The molecule has 1 fully saturated rings. The van der Waals surface area contributed by atoms with Crippen LogP contribution in [-0.4, -0.2) is 18.7 Å². The van der Waals surface area contributed by atoms with Crippen LogP contribution in [0.1, 0.15) is 39.0 Å². The molecule has 4 heteroatoms. The number of amides is 2. The van der Waals surface area contributed by atoms with E-state index >= 15 is 0 Å². The van der Waals surface area contributed by atoms with Crippen LogP contribution < -0.4 is 10.8 Å². The van der Waals surface area contributed by atoms with E-state index < -0.39 is 0 Å². The molecule has 1 aliphatic carbocycles. The molecule has 0 saturated heterocycles. The summed E-state index contributed by atoms with van der Waals surface area (Å²) in [4.78, 5) is 16.2. The Hall–Kier alpha value is -0.770. The van der Waals surface area contributed by atoms with E-state index in [0.29, 0.717) is 6.54 Å². The van der Waals surface area contributed by atoms with Crippen molar-refractivity contribution in [2.24, 2.45) is 0 Å². The summed E-state index contributed by atoms with van der Waals surface area (Å²) in [5.41, 5.74) is 2.41. The van der Waals surface area contributed by atoms with Crippen LogP contribution in [0.5, 0.6) is 0 Å². The maximum absolute atomic E-state index is 11.0. The summed E-state index contributed by atoms with van der Waals surface area (Å²) in [6.45, 7) is 2.71. The maximum atomic E-state index is 11.0. The zero-order chi connectivity index (χ0) is 9.52. The Labute approximate surface area is 79.0 Å². The minimum Gasteiger partial charge on any atom is -0.336 e. The smallest absolute Gasteiger partial charge is 0.336 e. The van der Waals surface area contributed by atoms with Gasteiger partial charge in [-0.05, 0) is 19.3 Å². The van der Waals surface area contributed by atoms with Gasteiger partial charge in [0.2, 0.25) is 0 Å². The van der Waals surface area contributed by atoms with Gasteiger partial charge in [-0.2, -0.15) is 0 Å². The number of hydrogen-bond donors (Lipinski definition) is 2. The van der Waals surface area contributed by atoms with Crippen molar-refractivity contribution in [1.29, 1.82) is 0 Å². The summed E-state index contributed by atoms with van der Waals surface area (Å²) in [5.74, 6) is 0. The number of hydroxylamine groups is 1. The predicted octanol–water partition coefficient (Wildman–Crippen LogP) is 1.57. The molecule has 2 N–H and O–H groups in total. The second-order valence-corrected chi connectivity index (χ2v) is 3.38. The molecule has 0 bridgehead atoms. The Bertz CT molecular complexity index is 156. The van der Waals surface area contributed by atoms with Crippen LogP contribution in [0.2, 0.25) is 0 Å². The third-order valence-corrected chi connectivity index (χ3v) is 2.16. The van der Waals surface area contributed by atoms with Crippen LogP contribution in [0.3, 0.4) is 0 Å². The highest BCUT2D eigenvalue weighted by molar-refractivity contribution is 5.72. The molecule has 0 aromatic rings. The average Bonchev–Trinajstić information content (AvgIpc) is 2.64. The van der Waals surface area contributed by atoms with E-state index in [2.05, 4.69) is 10.8 Å². The Kier molecular flexibility index (Phi) is 4.60. The molecule has 0 heterocycles. The van der Waals surface area contributed by atoms with Crippen LogP contribution in [-0.2, 0) is 4.84 Å². The summed E-state index contributed by atoms with van der Waals surface area (Å²) >= 11 is 0. The van der Waals surface area contributed by atoms with Crippen molar-refractivity contribution >= 4 is 6.03 Å². The van der Waals surface area contributed by atoms with Gasteiger partial charge in [0.1, 0.15) is 0 Å². The molecule has 4 nitrogen and oxygen atoms in total. The number of nitrogens with one attached hydrogen (secondary N) is 2. The topological polar surface area (TPSA) is 50.4 Å². The molecule has 0 spiro atoms. The first kappa shape index (κ1) is 10.3. The summed E-state index contributed by atoms with van der Waals surface area (Å²) in [5, 5.41) is 2.68. The molecule has 0 aliphatic heterocycles. The molecule has 0 aromatic carbocycles. The van der Waals surface area contributed by atoms with Crippen LogP contribution in [0, 0.1) is 0 Å². The quantitative estimate of drug-likeness (QED) is 0.655. The van der Waals surface area contributed by atoms with Crippen LogP contribution in [0.25, 0.3) is 0 Å². The molecule has 0 unspecified atom stereocenters. The molecular weight excluding hydrogens is 168 g/mol.